The van der Waals surface area contributed by atoms with Crippen LogP contribution in [0.2, 0.25) is 5.02 Å². The Morgan fingerprint density at radius 1 is 1.00 bits per heavy atom. The Kier molecular flexibility index (Phi) is 8.92. The number of ether oxygens (including phenoxy) is 3. The van der Waals surface area contributed by atoms with E-state index in [2.05, 4.69) is 0 Å². The van der Waals surface area contributed by atoms with Crippen molar-refractivity contribution in [2.75, 3.05) is 33.9 Å². The van der Waals surface area contributed by atoms with Gasteiger partial charge in [0, 0.05) is 48.3 Å². The number of carbonyl (C=O) groups excluding carboxylic acids is 3. The number of fused-ring (bicyclic) bond motifs is 1. The molecule has 1 aliphatic carbocycles. The van der Waals surface area contributed by atoms with Gasteiger partial charge >= 0.3 is 5.97 Å². The van der Waals surface area contributed by atoms with Crippen LogP contribution in [-0.4, -0.2) is 66.5 Å². The number of hydrogen-bond donors (Lipinski definition) is 1. The summed E-state index contributed by atoms with van der Waals surface area (Å²) >= 11 is 6.52. The Labute approximate surface area is 245 Å². The number of phenolic OH excluding ortho intramolecular Hbond substituents is 1. The van der Waals surface area contributed by atoms with E-state index in [1.54, 1.807) is 54.4 Å². The molecule has 5 rings (SSSR count). The second kappa shape index (κ2) is 12.6. The Balaban J connectivity index is 1.37. The number of rotatable bonds is 8. The van der Waals surface area contributed by atoms with Gasteiger partial charge in [-0.05, 0) is 55.5 Å². The highest BCUT2D eigenvalue weighted by Gasteiger charge is 2.43. The number of nitrogens with zero attached hydrogens (tertiary/aromatic N) is 2. The number of amides is 2. The summed E-state index contributed by atoms with van der Waals surface area (Å²) in [6.07, 6.45) is 4.53. The third-order valence-electron chi connectivity index (χ3n) is 8.69. The van der Waals surface area contributed by atoms with E-state index in [1.165, 1.54) is 0 Å². The first-order chi connectivity index (χ1) is 19.8. The largest absolute Gasteiger partial charge is 0.508 e. The van der Waals surface area contributed by atoms with Crippen LogP contribution < -0.4 is 9.47 Å². The summed E-state index contributed by atoms with van der Waals surface area (Å²) in [7, 11) is 3.11. The zero-order chi connectivity index (χ0) is 29.1. The number of halogens is 1. The molecule has 0 bridgehead atoms. The summed E-state index contributed by atoms with van der Waals surface area (Å²) in [5.74, 6) is -0.386. The van der Waals surface area contributed by atoms with E-state index in [-0.39, 0.29) is 30.7 Å². The highest BCUT2D eigenvalue weighted by Crippen LogP contribution is 2.43. The molecule has 3 atom stereocenters. The molecule has 2 aromatic carbocycles. The molecule has 2 aliphatic heterocycles. The molecule has 2 heterocycles. The number of benzene rings is 2. The van der Waals surface area contributed by atoms with Crippen molar-refractivity contribution >= 4 is 29.4 Å². The van der Waals surface area contributed by atoms with Crippen molar-refractivity contribution in [1.82, 2.24) is 9.80 Å². The fourth-order valence-electron chi connectivity index (χ4n) is 6.50. The van der Waals surface area contributed by atoms with Gasteiger partial charge in [-0.25, -0.2) is 0 Å². The van der Waals surface area contributed by atoms with Crippen molar-refractivity contribution in [2.45, 2.75) is 57.6 Å². The summed E-state index contributed by atoms with van der Waals surface area (Å²) in [5.41, 5.74) is 2.11. The molecule has 2 fully saturated rings. The van der Waals surface area contributed by atoms with E-state index in [0.29, 0.717) is 66.4 Å². The molecule has 0 unspecified atom stereocenters. The number of phenols is 1. The SMILES string of the molecule is COc1ccc(COC(=O)[C@H]2CCCC[C@H]2C(=O)N2CCc3c(Cl)ccc(O)c3[C@H]2CN2CCCC2=O)c(OC)c1. The van der Waals surface area contributed by atoms with Crippen molar-refractivity contribution in [3.05, 3.63) is 52.0 Å². The molecule has 220 valence electrons. The minimum Gasteiger partial charge on any atom is -0.508 e. The molecular weight excluding hydrogens is 548 g/mol. The van der Waals surface area contributed by atoms with Crippen molar-refractivity contribution in [1.29, 1.82) is 0 Å². The lowest BCUT2D eigenvalue weighted by Gasteiger charge is -2.42. The van der Waals surface area contributed by atoms with Crippen molar-refractivity contribution in [3.63, 3.8) is 0 Å². The van der Waals surface area contributed by atoms with Gasteiger partial charge in [0.15, 0.2) is 0 Å². The zero-order valence-electron chi connectivity index (χ0n) is 23.6. The number of aromatic hydroxyl groups is 1. The molecule has 1 saturated heterocycles. The maximum Gasteiger partial charge on any atom is 0.310 e. The number of likely N-dealkylation sites (tertiary alicyclic amines) is 1. The lowest BCUT2D eigenvalue weighted by atomic mass is 9.77. The maximum atomic E-state index is 14.3. The van der Waals surface area contributed by atoms with E-state index >= 15 is 0 Å². The van der Waals surface area contributed by atoms with Gasteiger partial charge in [-0.1, -0.05) is 24.4 Å². The first-order valence-corrected chi connectivity index (χ1v) is 14.7. The number of methoxy groups -OCH3 is 2. The van der Waals surface area contributed by atoms with Crippen LogP contribution in [0, 0.1) is 11.8 Å². The molecule has 0 spiro atoms. The van der Waals surface area contributed by atoms with Crippen molar-refractivity contribution in [3.8, 4) is 17.2 Å². The normalized spacial score (nSPS) is 22.3. The fourth-order valence-corrected chi connectivity index (χ4v) is 6.76. The molecule has 2 aromatic rings. The average molecular weight is 585 g/mol. The van der Waals surface area contributed by atoms with E-state index < -0.39 is 23.8 Å². The molecule has 41 heavy (non-hydrogen) atoms. The fraction of sp³-hybridized carbons (Fsp3) is 0.516. The molecule has 0 radical (unpaired) electrons. The topological polar surface area (TPSA) is 106 Å². The second-order valence-corrected chi connectivity index (χ2v) is 11.4. The molecule has 1 saturated carbocycles. The minimum absolute atomic E-state index is 0.0204. The molecular formula is C31H37ClN2O7. The monoisotopic (exact) mass is 584 g/mol. The summed E-state index contributed by atoms with van der Waals surface area (Å²) in [6.45, 7) is 1.31. The van der Waals surface area contributed by atoms with Gasteiger partial charge in [-0.3, -0.25) is 14.4 Å². The van der Waals surface area contributed by atoms with Crippen LogP contribution in [0.3, 0.4) is 0 Å². The lowest BCUT2D eigenvalue weighted by Crippen LogP contribution is -2.50. The molecule has 9 nitrogen and oxygen atoms in total. The van der Waals surface area contributed by atoms with Crippen LogP contribution in [0.5, 0.6) is 17.2 Å². The van der Waals surface area contributed by atoms with Crippen LogP contribution in [0.25, 0.3) is 0 Å². The van der Waals surface area contributed by atoms with Crippen LogP contribution in [0.4, 0.5) is 0 Å². The molecule has 2 amide bonds. The molecule has 1 N–H and O–H groups in total. The molecule has 0 aromatic heterocycles. The van der Waals surface area contributed by atoms with Crippen LogP contribution >= 0.6 is 11.6 Å². The van der Waals surface area contributed by atoms with Crippen LogP contribution in [0.15, 0.2) is 30.3 Å². The summed E-state index contributed by atoms with van der Waals surface area (Å²) in [6, 6.07) is 7.96. The average Bonchev–Trinajstić information content (AvgIpc) is 3.41. The molecule has 3 aliphatic rings. The highest BCUT2D eigenvalue weighted by atomic mass is 35.5. The summed E-state index contributed by atoms with van der Waals surface area (Å²) < 4.78 is 16.4. The zero-order valence-corrected chi connectivity index (χ0v) is 24.3. The summed E-state index contributed by atoms with van der Waals surface area (Å²) in [4.78, 5) is 43.7. The van der Waals surface area contributed by atoms with Crippen molar-refractivity contribution < 1.29 is 33.7 Å². The first kappa shape index (κ1) is 29.0. The highest BCUT2D eigenvalue weighted by molar-refractivity contribution is 6.31. The predicted molar refractivity (Wildman–Crippen MR) is 152 cm³/mol. The number of hydrogen-bond acceptors (Lipinski definition) is 7. The van der Waals surface area contributed by atoms with Gasteiger partial charge in [0.2, 0.25) is 11.8 Å². The Hall–Kier alpha value is -3.46. The van der Waals surface area contributed by atoms with Crippen LogP contribution in [-0.2, 0) is 32.1 Å². The van der Waals surface area contributed by atoms with Crippen molar-refractivity contribution in [2.24, 2.45) is 11.8 Å². The molecule has 10 heteroatoms. The third kappa shape index (κ3) is 5.96. The second-order valence-electron chi connectivity index (χ2n) is 11.0. The quantitative estimate of drug-likeness (QED) is 0.450. The Morgan fingerprint density at radius 3 is 2.49 bits per heavy atom. The Bertz CT molecular complexity index is 1320. The standard InChI is InChI=1S/C31H37ClN2O7/c1-39-20-10-9-19(27(16-20)40-2)18-41-31(38)22-7-4-3-6-21(22)30(37)34-15-13-23-24(32)11-12-26(35)29(23)25(34)17-33-14-5-8-28(33)36/h9-12,16,21-22,25,35H,3-8,13-15,17-18H2,1-2H3/t21-,22+,25-/m1/s1. The first-order valence-electron chi connectivity index (χ1n) is 14.3. The summed E-state index contributed by atoms with van der Waals surface area (Å²) in [5, 5.41) is 11.4. The van der Waals surface area contributed by atoms with Gasteiger partial charge in [0.25, 0.3) is 0 Å². The number of esters is 1. The van der Waals surface area contributed by atoms with Gasteiger partial charge < -0.3 is 29.1 Å². The predicted octanol–water partition coefficient (Wildman–Crippen LogP) is 4.66. The van der Waals surface area contributed by atoms with E-state index in [9.17, 15) is 19.5 Å². The van der Waals surface area contributed by atoms with Gasteiger partial charge in [-0.15, -0.1) is 0 Å². The van der Waals surface area contributed by atoms with Gasteiger partial charge in [-0.2, -0.15) is 0 Å². The Morgan fingerprint density at radius 2 is 1.78 bits per heavy atom. The van der Waals surface area contributed by atoms with Gasteiger partial charge in [0.05, 0.1) is 32.1 Å². The van der Waals surface area contributed by atoms with E-state index in [4.69, 9.17) is 25.8 Å². The third-order valence-corrected chi connectivity index (χ3v) is 9.04. The van der Waals surface area contributed by atoms with E-state index in [0.717, 1.165) is 24.8 Å². The number of carbonyl (C=O) groups is 3. The van der Waals surface area contributed by atoms with Gasteiger partial charge in [0.1, 0.15) is 23.9 Å². The van der Waals surface area contributed by atoms with E-state index in [1.807, 2.05) is 0 Å². The smallest absolute Gasteiger partial charge is 0.310 e. The minimum atomic E-state index is -0.580. The maximum absolute atomic E-state index is 14.3. The van der Waals surface area contributed by atoms with Crippen LogP contribution in [0.1, 0.15) is 61.3 Å². The lowest BCUT2D eigenvalue weighted by molar-refractivity contribution is -0.159.